The van der Waals surface area contributed by atoms with Gasteiger partial charge < -0.3 is 19.3 Å². The molecule has 1 aliphatic rings. The van der Waals surface area contributed by atoms with Gasteiger partial charge in [-0.3, -0.25) is 4.79 Å². The summed E-state index contributed by atoms with van der Waals surface area (Å²) in [5.74, 6) is 1.28. The van der Waals surface area contributed by atoms with Gasteiger partial charge in [-0.1, -0.05) is 18.2 Å². The van der Waals surface area contributed by atoms with E-state index in [0.29, 0.717) is 31.9 Å². The van der Waals surface area contributed by atoms with Crippen molar-refractivity contribution < 1.29 is 24.1 Å². The van der Waals surface area contributed by atoms with Crippen LogP contribution in [0.4, 0.5) is 0 Å². The minimum atomic E-state index is -0.291. The number of Topliss-reactive ketones (excluding diaryl/α,β-unsaturated/α-hetero) is 1. The molecular formula is C17H13IO5. The molecule has 5 nitrogen and oxygen atoms in total. The Kier molecular flexibility index (Phi) is 4.16. The number of para-hydroxylation sites is 1. The van der Waals surface area contributed by atoms with Gasteiger partial charge in [-0.05, 0) is 34.7 Å². The average Bonchev–Trinajstić information content (AvgIpc) is 2.88. The Hall–Kier alpha value is -2.22. The Labute approximate surface area is 146 Å². The molecule has 23 heavy (non-hydrogen) atoms. The molecular weight excluding hydrogens is 411 g/mol. The van der Waals surface area contributed by atoms with Crippen LogP contribution in [0, 0.1) is 3.57 Å². The molecule has 2 aromatic rings. The number of carbonyl (C=O) groups excluding carboxylic acids is 1. The minimum Gasteiger partial charge on any atom is -0.507 e. The fourth-order valence-corrected chi connectivity index (χ4v) is 3.09. The molecule has 6 heteroatoms. The van der Waals surface area contributed by atoms with Crippen LogP contribution in [0.3, 0.4) is 0 Å². The summed E-state index contributed by atoms with van der Waals surface area (Å²) < 4.78 is 17.0. The summed E-state index contributed by atoms with van der Waals surface area (Å²) in [6.07, 6.45) is 1.51. The first-order valence-corrected chi connectivity index (χ1v) is 7.81. The zero-order chi connectivity index (χ0) is 16.6. The number of methoxy groups -OCH3 is 2. The van der Waals surface area contributed by atoms with Crippen molar-refractivity contribution >= 4 is 34.5 Å². The van der Waals surface area contributed by atoms with Crippen molar-refractivity contribution in [1.82, 2.24) is 0 Å². The van der Waals surface area contributed by atoms with E-state index < -0.39 is 0 Å². The van der Waals surface area contributed by atoms with Gasteiger partial charge >= 0.3 is 0 Å². The van der Waals surface area contributed by atoms with Crippen LogP contribution in [-0.2, 0) is 0 Å². The number of ketones is 1. The normalized spacial score (nSPS) is 14.6. The summed E-state index contributed by atoms with van der Waals surface area (Å²) in [7, 11) is 3.03. The second-order valence-corrected chi connectivity index (χ2v) is 5.88. The third-order valence-corrected chi connectivity index (χ3v) is 4.50. The molecule has 3 rings (SSSR count). The number of phenolic OH excluding ortho intramolecular Hbond substituents is 1. The molecule has 2 aromatic carbocycles. The van der Waals surface area contributed by atoms with Crippen LogP contribution >= 0.6 is 22.6 Å². The van der Waals surface area contributed by atoms with Gasteiger partial charge in [-0.2, -0.15) is 0 Å². The van der Waals surface area contributed by atoms with E-state index in [1.165, 1.54) is 13.2 Å². The molecule has 1 aliphatic heterocycles. The van der Waals surface area contributed by atoms with Gasteiger partial charge in [0.2, 0.25) is 5.78 Å². The number of ether oxygens (including phenoxy) is 3. The lowest BCUT2D eigenvalue weighted by molar-refractivity contribution is 0.101. The maximum Gasteiger partial charge on any atom is 0.235 e. The van der Waals surface area contributed by atoms with Gasteiger partial charge in [0.1, 0.15) is 22.8 Å². The van der Waals surface area contributed by atoms with E-state index in [-0.39, 0.29) is 17.3 Å². The third-order valence-electron chi connectivity index (χ3n) is 3.48. The first-order chi connectivity index (χ1) is 11.1. The second kappa shape index (κ2) is 6.11. The smallest absolute Gasteiger partial charge is 0.235 e. The van der Waals surface area contributed by atoms with Crippen LogP contribution < -0.4 is 14.2 Å². The van der Waals surface area contributed by atoms with Gasteiger partial charge in [0.15, 0.2) is 11.5 Å². The van der Waals surface area contributed by atoms with E-state index in [1.54, 1.807) is 37.4 Å². The fraction of sp³-hybridized carbons (Fsp3) is 0.118. The lowest BCUT2D eigenvalue weighted by Gasteiger charge is -2.10. The lowest BCUT2D eigenvalue weighted by atomic mass is 10.1. The van der Waals surface area contributed by atoms with Crippen LogP contribution in [-0.4, -0.2) is 25.1 Å². The van der Waals surface area contributed by atoms with Crippen LogP contribution in [0.5, 0.6) is 23.0 Å². The standard InChI is InChI=1S/C17H13IO5/c1-21-11-8-12(22-2)15(18)17-14(11)16(20)13(23-17)7-9-5-3-4-6-10(9)19/h3-8,19H,1-2H3. The molecule has 0 atom stereocenters. The highest BCUT2D eigenvalue weighted by atomic mass is 127. The van der Waals surface area contributed by atoms with E-state index in [1.807, 2.05) is 0 Å². The maximum absolute atomic E-state index is 12.6. The highest BCUT2D eigenvalue weighted by molar-refractivity contribution is 14.1. The molecule has 0 radical (unpaired) electrons. The quantitative estimate of drug-likeness (QED) is 0.603. The molecule has 0 saturated carbocycles. The zero-order valence-corrected chi connectivity index (χ0v) is 14.6. The molecule has 0 unspecified atom stereocenters. The Bertz CT molecular complexity index is 826. The van der Waals surface area contributed by atoms with Crippen molar-refractivity contribution in [2.75, 3.05) is 14.2 Å². The van der Waals surface area contributed by atoms with Gasteiger partial charge in [0, 0.05) is 11.6 Å². The Morgan fingerprint density at radius 2 is 1.87 bits per heavy atom. The molecule has 1 heterocycles. The summed E-state index contributed by atoms with van der Waals surface area (Å²) in [4.78, 5) is 12.6. The molecule has 0 amide bonds. The first kappa shape index (κ1) is 15.7. The molecule has 0 fully saturated rings. The Morgan fingerprint density at radius 1 is 1.17 bits per heavy atom. The summed E-state index contributed by atoms with van der Waals surface area (Å²) in [6.45, 7) is 0. The molecule has 0 saturated heterocycles. The molecule has 118 valence electrons. The van der Waals surface area contributed by atoms with Crippen molar-refractivity contribution in [3.63, 3.8) is 0 Å². The van der Waals surface area contributed by atoms with Gasteiger partial charge in [-0.25, -0.2) is 0 Å². The third kappa shape index (κ3) is 2.63. The molecule has 0 aliphatic carbocycles. The van der Waals surface area contributed by atoms with E-state index in [2.05, 4.69) is 22.6 Å². The van der Waals surface area contributed by atoms with Crippen molar-refractivity contribution in [3.8, 4) is 23.0 Å². The number of fused-ring (bicyclic) bond motifs is 1. The molecule has 0 spiro atoms. The predicted molar refractivity (Wildman–Crippen MR) is 93.3 cm³/mol. The van der Waals surface area contributed by atoms with E-state index >= 15 is 0 Å². The summed E-state index contributed by atoms with van der Waals surface area (Å²) >= 11 is 2.06. The number of phenols is 1. The number of hydrogen-bond acceptors (Lipinski definition) is 5. The summed E-state index contributed by atoms with van der Waals surface area (Å²) in [6, 6.07) is 8.38. The fourth-order valence-electron chi connectivity index (χ4n) is 2.33. The SMILES string of the molecule is COc1cc(OC)c2c(c1I)OC(=Cc1ccccc1O)C2=O. The van der Waals surface area contributed by atoms with Crippen molar-refractivity contribution in [3.05, 3.63) is 50.8 Å². The van der Waals surface area contributed by atoms with Gasteiger partial charge in [-0.15, -0.1) is 0 Å². The summed E-state index contributed by atoms with van der Waals surface area (Å²) in [5, 5.41) is 9.85. The van der Waals surface area contributed by atoms with Gasteiger partial charge in [0.25, 0.3) is 0 Å². The number of halogens is 1. The first-order valence-electron chi connectivity index (χ1n) is 6.73. The Morgan fingerprint density at radius 3 is 2.52 bits per heavy atom. The lowest BCUT2D eigenvalue weighted by Crippen LogP contribution is -2.00. The highest BCUT2D eigenvalue weighted by Crippen LogP contribution is 2.46. The number of benzene rings is 2. The predicted octanol–water partition coefficient (Wildman–Crippen LogP) is 3.63. The second-order valence-electron chi connectivity index (χ2n) is 4.80. The minimum absolute atomic E-state index is 0.0756. The van der Waals surface area contributed by atoms with E-state index in [9.17, 15) is 9.90 Å². The number of carbonyl (C=O) groups is 1. The number of aromatic hydroxyl groups is 1. The number of allylic oxidation sites excluding steroid dienone is 1. The van der Waals surface area contributed by atoms with Crippen LogP contribution in [0.25, 0.3) is 6.08 Å². The monoisotopic (exact) mass is 424 g/mol. The molecule has 1 N–H and O–H groups in total. The summed E-state index contributed by atoms with van der Waals surface area (Å²) in [5.41, 5.74) is 0.865. The van der Waals surface area contributed by atoms with Crippen LogP contribution in [0.1, 0.15) is 15.9 Å². The van der Waals surface area contributed by atoms with Crippen molar-refractivity contribution in [2.45, 2.75) is 0 Å². The zero-order valence-electron chi connectivity index (χ0n) is 12.4. The van der Waals surface area contributed by atoms with E-state index in [0.717, 1.165) is 0 Å². The topological polar surface area (TPSA) is 65.0 Å². The highest BCUT2D eigenvalue weighted by Gasteiger charge is 2.35. The Balaban J connectivity index is 2.12. The number of hydrogen-bond donors (Lipinski definition) is 1. The number of rotatable bonds is 3. The molecule has 0 aromatic heterocycles. The molecule has 0 bridgehead atoms. The van der Waals surface area contributed by atoms with Crippen LogP contribution in [0.15, 0.2) is 36.1 Å². The van der Waals surface area contributed by atoms with Crippen molar-refractivity contribution in [2.24, 2.45) is 0 Å². The van der Waals surface area contributed by atoms with Crippen LogP contribution in [0.2, 0.25) is 0 Å². The largest absolute Gasteiger partial charge is 0.507 e. The van der Waals surface area contributed by atoms with Gasteiger partial charge in [0.05, 0.1) is 17.8 Å². The average molecular weight is 424 g/mol. The van der Waals surface area contributed by atoms with Crippen molar-refractivity contribution in [1.29, 1.82) is 0 Å². The maximum atomic E-state index is 12.6. The van der Waals surface area contributed by atoms with E-state index in [4.69, 9.17) is 14.2 Å².